The number of anilines is 2. The van der Waals surface area contributed by atoms with Crippen molar-refractivity contribution in [3.05, 3.63) is 115 Å². The molecule has 0 aliphatic rings. The molecule has 4 heterocycles. The van der Waals surface area contributed by atoms with E-state index in [4.69, 9.17) is 14.2 Å². The molecule has 0 saturated heterocycles. The van der Waals surface area contributed by atoms with Gasteiger partial charge in [-0.2, -0.15) is 10.2 Å². The van der Waals surface area contributed by atoms with Gasteiger partial charge in [0.05, 0.1) is 31.6 Å². The lowest BCUT2D eigenvalue weighted by Gasteiger charge is -2.25. The zero-order valence-corrected chi connectivity index (χ0v) is 28.2. The molecule has 0 aliphatic carbocycles. The van der Waals surface area contributed by atoms with Crippen LogP contribution in [0.1, 0.15) is 17.2 Å². The monoisotopic (exact) mass is 704 g/mol. The fourth-order valence-corrected chi connectivity index (χ4v) is 5.22. The molecule has 2 aromatic carbocycles. The van der Waals surface area contributed by atoms with E-state index < -0.39 is 24.2 Å². The first-order valence-corrected chi connectivity index (χ1v) is 16.0. The number of aliphatic hydroxyl groups is 1. The predicted octanol–water partition coefficient (Wildman–Crippen LogP) is 4.90. The summed E-state index contributed by atoms with van der Waals surface area (Å²) < 4.78 is 16.9. The van der Waals surface area contributed by atoms with Crippen molar-refractivity contribution >= 4 is 23.7 Å². The van der Waals surface area contributed by atoms with Crippen LogP contribution in [-0.2, 0) is 6.54 Å². The number of urea groups is 2. The molecular formula is C36H36N10O6. The molecule has 16 heteroatoms. The number of hydrogen-bond donors (Lipinski definition) is 7. The average Bonchev–Trinajstić information content (AvgIpc) is 3.86. The number of benzene rings is 2. The fourth-order valence-electron chi connectivity index (χ4n) is 5.22. The van der Waals surface area contributed by atoms with E-state index in [2.05, 4.69) is 51.6 Å². The van der Waals surface area contributed by atoms with Crippen molar-refractivity contribution in [2.24, 2.45) is 0 Å². The van der Waals surface area contributed by atoms with Gasteiger partial charge in [-0.05, 0) is 60.2 Å². The molecule has 266 valence electrons. The first kappa shape index (κ1) is 34.9. The Labute approximate surface area is 298 Å². The smallest absolute Gasteiger partial charge is 0.320 e. The molecule has 0 spiro atoms. The van der Waals surface area contributed by atoms with Crippen LogP contribution in [0.15, 0.2) is 104 Å². The number of rotatable bonds is 14. The standard InChI is InChI=1S/C36H36N10O6/c1-50-26-5-3-4-24(16-26)34(42-36(49)41-33-19-29(44-46-33)23-10-14-38-15-11-23)30(47)21-52-31-7-6-27(51-2)17-25(31)20-39-35(48)40-32-18-28(43-45-32)22-8-12-37-13-9-22/h3-19,30,34,47H,20-21H2,1-2H3,(H3,39,40,43,45,48)(H3,41,42,44,46,49)/t30-,34?/m0/s1. The third kappa shape index (κ3) is 8.99. The number of amides is 4. The SMILES string of the molecule is COc1cccc(C(NC(=O)Nc2cc(-c3ccncc3)n[nH]2)[C@@H](O)COc2ccc(OC)cc2CNC(=O)Nc2cc(-c3ccncc3)n[nH]2)c1. The van der Waals surface area contributed by atoms with E-state index in [0.717, 1.165) is 11.1 Å². The van der Waals surface area contributed by atoms with E-state index in [-0.39, 0.29) is 13.2 Å². The van der Waals surface area contributed by atoms with E-state index >= 15 is 0 Å². The van der Waals surface area contributed by atoms with Crippen LogP contribution in [0.5, 0.6) is 17.2 Å². The molecule has 0 saturated carbocycles. The van der Waals surface area contributed by atoms with Crippen LogP contribution in [-0.4, -0.2) is 74.5 Å². The van der Waals surface area contributed by atoms with Crippen LogP contribution in [0.3, 0.4) is 0 Å². The number of aromatic nitrogens is 6. The normalized spacial score (nSPS) is 11.9. The van der Waals surface area contributed by atoms with Gasteiger partial charge < -0.3 is 30.0 Å². The molecule has 1 unspecified atom stereocenters. The van der Waals surface area contributed by atoms with Gasteiger partial charge in [0, 0.05) is 60.2 Å². The van der Waals surface area contributed by atoms with Crippen molar-refractivity contribution < 1.29 is 28.9 Å². The van der Waals surface area contributed by atoms with Gasteiger partial charge in [-0.25, -0.2) is 9.59 Å². The molecule has 6 rings (SSSR count). The van der Waals surface area contributed by atoms with Crippen molar-refractivity contribution in [3.63, 3.8) is 0 Å². The Balaban J connectivity index is 1.11. The second kappa shape index (κ2) is 16.6. The lowest BCUT2D eigenvalue weighted by molar-refractivity contribution is 0.0758. The Morgan fingerprint density at radius 2 is 1.35 bits per heavy atom. The second-order valence-electron chi connectivity index (χ2n) is 11.3. The minimum atomic E-state index is -1.23. The molecule has 6 aromatic rings. The molecule has 4 aromatic heterocycles. The number of carbonyl (C=O) groups is 2. The molecule has 0 radical (unpaired) electrons. The van der Waals surface area contributed by atoms with Crippen LogP contribution in [0.4, 0.5) is 21.2 Å². The number of hydrogen-bond acceptors (Lipinski definition) is 10. The van der Waals surface area contributed by atoms with Gasteiger partial charge in [-0.15, -0.1) is 0 Å². The minimum absolute atomic E-state index is 0.0610. The number of methoxy groups -OCH3 is 2. The summed E-state index contributed by atoms with van der Waals surface area (Å²) in [6.07, 6.45) is 5.39. The summed E-state index contributed by atoms with van der Waals surface area (Å²) >= 11 is 0. The van der Waals surface area contributed by atoms with Gasteiger partial charge in [0.25, 0.3) is 0 Å². The Hall–Kier alpha value is -6.94. The van der Waals surface area contributed by atoms with E-state index in [1.54, 1.807) is 91.5 Å². The van der Waals surface area contributed by atoms with Crippen molar-refractivity contribution in [1.29, 1.82) is 0 Å². The van der Waals surface area contributed by atoms with Gasteiger partial charge in [-0.1, -0.05) is 12.1 Å². The molecule has 16 nitrogen and oxygen atoms in total. The first-order valence-electron chi connectivity index (χ1n) is 16.0. The molecule has 0 aliphatic heterocycles. The third-order valence-electron chi connectivity index (χ3n) is 7.85. The zero-order chi connectivity index (χ0) is 36.3. The summed E-state index contributed by atoms with van der Waals surface area (Å²) in [5.41, 5.74) is 4.09. The average molecular weight is 705 g/mol. The minimum Gasteiger partial charge on any atom is -0.497 e. The summed E-state index contributed by atoms with van der Waals surface area (Å²) in [4.78, 5) is 34.1. The van der Waals surface area contributed by atoms with Gasteiger partial charge >= 0.3 is 12.1 Å². The predicted molar refractivity (Wildman–Crippen MR) is 192 cm³/mol. The number of pyridine rings is 2. The van der Waals surface area contributed by atoms with Crippen molar-refractivity contribution in [2.45, 2.75) is 18.7 Å². The first-order chi connectivity index (χ1) is 25.4. The van der Waals surface area contributed by atoms with Gasteiger partial charge in [-0.3, -0.25) is 30.8 Å². The summed E-state index contributed by atoms with van der Waals surface area (Å²) in [6, 6.07) is 20.7. The second-order valence-corrected chi connectivity index (χ2v) is 11.3. The highest BCUT2D eigenvalue weighted by Gasteiger charge is 2.25. The maximum atomic E-state index is 13.2. The number of H-pyrrole nitrogens is 2. The third-order valence-corrected chi connectivity index (χ3v) is 7.85. The van der Waals surface area contributed by atoms with E-state index in [1.165, 1.54) is 14.2 Å². The lowest BCUT2D eigenvalue weighted by atomic mass is 10.0. The topological polar surface area (TPSA) is 213 Å². The Morgan fingerprint density at radius 1 is 0.750 bits per heavy atom. The number of aliphatic hydroxyl groups excluding tert-OH is 1. The highest BCUT2D eigenvalue weighted by Crippen LogP contribution is 2.27. The Kier molecular flexibility index (Phi) is 11.2. The molecule has 0 bridgehead atoms. The molecule has 52 heavy (non-hydrogen) atoms. The highest BCUT2D eigenvalue weighted by molar-refractivity contribution is 5.89. The lowest BCUT2D eigenvalue weighted by Crippen LogP contribution is -2.41. The number of ether oxygens (including phenoxy) is 3. The number of nitrogens with zero attached hydrogens (tertiary/aromatic N) is 4. The van der Waals surface area contributed by atoms with E-state index in [1.807, 2.05) is 12.1 Å². The largest absolute Gasteiger partial charge is 0.497 e. The van der Waals surface area contributed by atoms with Crippen molar-refractivity contribution in [2.75, 3.05) is 31.5 Å². The maximum absolute atomic E-state index is 13.2. The van der Waals surface area contributed by atoms with E-state index in [9.17, 15) is 14.7 Å². The summed E-state index contributed by atoms with van der Waals surface area (Å²) in [7, 11) is 3.06. The summed E-state index contributed by atoms with van der Waals surface area (Å²) in [5.74, 6) is 2.21. The molecular weight excluding hydrogens is 668 g/mol. The van der Waals surface area contributed by atoms with Crippen molar-refractivity contribution in [1.82, 2.24) is 41.0 Å². The fraction of sp³-hybridized carbons (Fsp3) is 0.167. The number of carbonyl (C=O) groups excluding carboxylic acids is 2. The Bertz CT molecular complexity index is 2090. The quantitative estimate of drug-likeness (QED) is 0.0815. The van der Waals surface area contributed by atoms with Crippen LogP contribution in [0, 0.1) is 0 Å². The summed E-state index contributed by atoms with van der Waals surface area (Å²) in [6.45, 7) is -0.165. The van der Waals surface area contributed by atoms with Gasteiger partial charge in [0.1, 0.15) is 41.6 Å². The molecule has 2 atom stereocenters. The van der Waals surface area contributed by atoms with Crippen LogP contribution >= 0.6 is 0 Å². The van der Waals surface area contributed by atoms with Crippen LogP contribution in [0.25, 0.3) is 22.5 Å². The molecule has 0 fully saturated rings. The van der Waals surface area contributed by atoms with Crippen molar-refractivity contribution in [3.8, 4) is 39.8 Å². The molecule has 4 amide bonds. The van der Waals surface area contributed by atoms with Gasteiger partial charge in [0.15, 0.2) is 0 Å². The van der Waals surface area contributed by atoms with Crippen LogP contribution < -0.4 is 35.5 Å². The number of aromatic amines is 2. The summed E-state index contributed by atoms with van der Waals surface area (Å²) in [5, 5.41) is 36.6. The van der Waals surface area contributed by atoms with E-state index in [0.29, 0.717) is 51.4 Å². The molecule has 7 N–H and O–H groups in total. The van der Waals surface area contributed by atoms with Gasteiger partial charge in [0.2, 0.25) is 0 Å². The zero-order valence-electron chi connectivity index (χ0n) is 28.2. The Morgan fingerprint density at radius 3 is 1.96 bits per heavy atom. The maximum Gasteiger partial charge on any atom is 0.320 e. The number of nitrogens with one attached hydrogen (secondary N) is 6. The highest BCUT2D eigenvalue weighted by atomic mass is 16.5. The van der Waals surface area contributed by atoms with Crippen LogP contribution in [0.2, 0.25) is 0 Å².